The molecule has 0 aliphatic rings. The summed E-state index contributed by atoms with van der Waals surface area (Å²) in [4.78, 5) is 4.45. The molecular weight excluding hydrogens is 285 g/mol. The number of hydrogen-bond acceptors (Lipinski definition) is 3. The number of rotatable bonds is 3. The Balaban J connectivity index is 1.85. The first-order chi connectivity index (χ1) is 10.2. The Morgan fingerprint density at radius 1 is 1.29 bits per heavy atom. The lowest BCUT2D eigenvalue weighted by Gasteiger charge is -2.03. The van der Waals surface area contributed by atoms with Crippen LogP contribution in [0.1, 0.15) is 11.1 Å². The third-order valence-corrected chi connectivity index (χ3v) is 4.33. The Kier molecular flexibility index (Phi) is 3.63. The van der Waals surface area contributed by atoms with Gasteiger partial charge in [-0.1, -0.05) is 23.9 Å². The molecule has 0 aliphatic carbocycles. The summed E-state index contributed by atoms with van der Waals surface area (Å²) < 4.78 is 15.2. The summed E-state index contributed by atoms with van der Waals surface area (Å²) in [5.41, 5.74) is 3.29. The first kappa shape index (κ1) is 13.7. The van der Waals surface area contributed by atoms with Crippen molar-refractivity contribution in [2.75, 3.05) is 0 Å². The molecule has 21 heavy (non-hydrogen) atoms. The van der Waals surface area contributed by atoms with Crippen molar-refractivity contribution >= 4 is 22.8 Å². The van der Waals surface area contributed by atoms with Gasteiger partial charge >= 0.3 is 0 Å². The molecule has 0 saturated heterocycles. The summed E-state index contributed by atoms with van der Waals surface area (Å²) in [7, 11) is 1.92. The minimum absolute atomic E-state index is 0.279. The number of halogens is 1. The smallest absolute Gasteiger partial charge is 0.169 e. The van der Waals surface area contributed by atoms with Gasteiger partial charge < -0.3 is 4.57 Å². The van der Waals surface area contributed by atoms with Crippen molar-refractivity contribution in [2.24, 2.45) is 7.05 Å². The van der Waals surface area contributed by atoms with Crippen LogP contribution in [-0.2, 0) is 12.8 Å². The van der Waals surface area contributed by atoms with Gasteiger partial charge in [0.25, 0.3) is 0 Å². The zero-order valence-electron chi connectivity index (χ0n) is 11.4. The molecule has 0 N–H and O–H groups in total. The molecule has 3 nitrogen and oxygen atoms in total. The van der Waals surface area contributed by atoms with E-state index < -0.39 is 0 Å². The molecule has 1 heterocycles. The van der Waals surface area contributed by atoms with E-state index in [4.69, 9.17) is 5.26 Å². The zero-order valence-corrected chi connectivity index (χ0v) is 12.2. The van der Waals surface area contributed by atoms with E-state index in [1.54, 1.807) is 23.9 Å². The minimum atomic E-state index is -0.279. The van der Waals surface area contributed by atoms with E-state index in [2.05, 4.69) is 11.1 Å². The maximum Gasteiger partial charge on any atom is 0.169 e. The fourth-order valence-corrected chi connectivity index (χ4v) is 3.09. The summed E-state index contributed by atoms with van der Waals surface area (Å²) in [6.45, 7) is 0. The van der Waals surface area contributed by atoms with E-state index >= 15 is 0 Å². The summed E-state index contributed by atoms with van der Waals surface area (Å²) in [6, 6.07) is 14.3. The number of fused-ring (bicyclic) bond motifs is 1. The lowest BCUT2D eigenvalue weighted by atomic mass is 10.2. The first-order valence-electron chi connectivity index (χ1n) is 6.41. The molecule has 0 fully saturated rings. The van der Waals surface area contributed by atoms with Gasteiger partial charge in [0.1, 0.15) is 5.82 Å². The van der Waals surface area contributed by atoms with Crippen LogP contribution in [0.15, 0.2) is 47.6 Å². The van der Waals surface area contributed by atoms with E-state index in [-0.39, 0.29) is 5.82 Å². The van der Waals surface area contributed by atoms with Crippen molar-refractivity contribution in [1.29, 1.82) is 5.26 Å². The van der Waals surface area contributed by atoms with E-state index in [0.29, 0.717) is 11.1 Å². The molecule has 0 unspecified atom stereocenters. The van der Waals surface area contributed by atoms with Crippen LogP contribution in [0.5, 0.6) is 0 Å². The summed E-state index contributed by atoms with van der Waals surface area (Å²) in [6.07, 6.45) is 0. The average Bonchev–Trinajstić information content (AvgIpc) is 2.81. The SMILES string of the molecule is Cn1c(SCc2cccc(C#N)c2)nc2cc(F)ccc21. The summed E-state index contributed by atoms with van der Waals surface area (Å²) >= 11 is 1.57. The highest BCUT2D eigenvalue weighted by Gasteiger charge is 2.09. The van der Waals surface area contributed by atoms with Gasteiger partial charge in [0.05, 0.1) is 22.7 Å². The third-order valence-electron chi connectivity index (χ3n) is 3.23. The molecule has 104 valence electrons. The van der Waals surface area contributed by atoms with Crippen LogP contribution in [0.4, 0.5) is 4.39 Å². The molecule has 0 atom stereocenters. The number of thioether (sulfide) groups is 1. The second-order valence-electron chi connectivity index (χ2n) is 4.69. The van der Waals surface area contributed by atoms with E-state index in [9.17, 15) is 4.39 Å². The van der Waals surface area contributed by atoms with Crippen molar-refractivity contribution in [1.82, 2.24) is 9.55 Å². The standard InChI is InChI=1S/C16H12FN3S/c1-20-15-6-5-13(17)8-14(15)19-16(20)21-10-12-4-2-3-11(7-12)9-18/h2-8H,10H2,1H3. The Hall–Kier alpha value is -2.32. The van der Waals surface area contributed by atoms with Crippen molar-refractivity contribution in [2.45, 2.75) is 10.9 Å². The molecule has 0 saturated carbocycles. The van der Waals surface area contributed by atoms with E-state index in [1.165, 1.54) is 12.1 Å². The van der Waals surface area contributed by atoms with Crippen LogP contribution in [0.3, 0.4) is 0 Å². The second-order valence-corrected chi connectivity index (χ2v) is 5.63. The number of hydrogen-bond donors (Lipinski definition) is 0. The molecule has 0 aliphatic heterocycles. The quantitative estimate of drug-likeness (QED) is 0.689. The predicted octanol–water partition coefficient (Wildman–Crippen LogP) is 3.88. The lowest BCUT2D eigenvalue weighted by Crippen LogP contribution is -1.91. The first-order valence-corrected chi connectivity index (χ1v) is 7.40. The molecule has 0 amide bonds. The van der Waals surface area contributed by atoms with Crippen molar-refractivity contribution < 1.29 is 4.39 Å². The Labute approximate surface area is 126 Å². The van der Waals surface area contributed by atoms with Crippen molar-refractivity contribution in [3.8, 4) is 6.07 Å². The van der Waals surface area contributed by atoms with Gasteiger partial charge in [0.15, 0.2) is 5.16 Å². The molecule has 5 heteroatoms. The molecule has 3 aromatic rings. The average molecular weight is 297 g/mol. The highest BCUT2D eigenvalue weighted by Crippen LogP contribution is 2.26. The highest BCUT2D eigenvalue weighted by molar-refractivity contribution is 7.98. The van der Waals surface area contributed by atoms with Gasteiger partial charge in [-0.15, -0.1) is 0 Å². The molecule has 0 radical (unpaired) electrons. The van der Waals surface area contributed by atoms with Gasteiger partial charge in [0.2, 0.25) is 0 Å². The molecule has 2 aromatic carbocycles. The van der Waals surface area contributed by atoms with Crippen LogP contribution < -0.4 is 0 Å². The van der Waals surface area contributed by atoms with Crippen LogP contribution >= 0.6 is 11.8 Å². The summed E-state index contributed by atoms with van der Waals surface area (Å²) in [5, 5.41) is 9.74. The fourth-order valence-electron chi connectivity index (χ4n) is 2.16. The second kappa shape index (κ2) is 5.58. The topological polar surface area (TPSA) is 41.6 Å². The number of imidazole rings is 1. The molecule has 1 aromatic heterocycles. The van der Waals surface area contributed by atoms with Crippen LogP contribution in [-0.4, -0.2) is 9.55 Å². The predicted molar refractivity (Wildman–Crippen MR) is 81.4 cm³/mol. The molecular formula is C16H12FN3S. The maximum atomic E-state index is 13.2. The van der Waals surface area contributed by atoms with Crippen LogP contribution in [0, 0.1) is 17.1 Å². The van der Waals surface area contributed by atoms with Crippen LogP contribution in [0.25, 0.3) is 11.0 Å². The Bertz CT molecular complexity index is 848. The lowest BCUT2D eigenvalue weighted by molar-refractivity contribution is 0.629. The molecule has 3 rings (SSSR count). The third kappa shape index (κ3) is 2.76. The maximum absolute atomic E-state index is 13.2. The number of nitriles is 1. The monoisotopic (exact) mass is 297 g/mol. The Morgan fingerprint density at radius 2 is 2.14 bits per heavy atom. The number of aryl methyl sites for hydroxylation is 1. The van der Waals surface area contributed by atoms with Gasteiger partial charge in [0, 0.05) is 18.9 Å². The van der Waals surface area contributed by atoms with E-state index in [1.807, 2.05) is 29.8 Å². The minimum Gasteiger partial charge on any atom is -0.322 e. The number of benzene rings is 2. The Morgan fingerprint density at radius 3 is 2.95 bits per heavy atom. The number of nitrogens with zero attached hydrogens (tertiary/aromatic N) is 3. The summed E-state index contributed by atoms with van der Waals surface area (Å²) in [5.74, 6) is 0.439. The van der Waals surface area contributed by atoms with Crippen LogP contribution in [0.2, 0.25) is 0 Å². The normalized spacial score (nSPS) is 10.7. The van der Waals surface area contributed by atoms with Gasteiger partial charge in [-0.2, -0.15) is 5.26 Å². The molecule has 0 bridgehead atoms. The van der Waals surface area contributed by atoms with Gasteiger partial charge in [-0.25, -0.2) is 9.37 Å². The fraction of sp³-hybridized carbons (Fsp3) is 0.125. The number of aromatic nitrogens is 2. The van der Waals surface area contributed by atoms with Gasteiger partial charge in [-0.05, 0) is 29.8 Å². The van der Waals surface area contributed by atoms with Crippen molar-refractivity contribution in [3.05, 3.63) is 59.4 Å². The van der Waals surface area contributed by atoms with E-state index in [0.717, 1.165) is 22.0 Å². The zero-order chi connectivity index (χ0) is 14.8. The highest BCUT2D eigenvalue weighted by atomic mass is 32.2. The largest absolute Gasteiger partial charge is 0.322 e. The molecule has 0 spiro atoms. The van der Waals surface area contributed by atoms with Gasteiger partial charge in [-0.3, -0.25) is 0 Å². The van der Waals surface area contributed by atoms with Crippen molar-refractivity contribution in [3.63, 3.8) is 0 Å².